The van der Waals surface area contributed by atoms with Crippen LogP contribution >= 0.6 is 0 Å². The van der Waals surface area contributed by atoms with Gasteiger partial charge in [-0.15, -0.1) is 0 Å². The molecule has 4 aliphatic carbocycles. The van der Waals surface area contributed by atoms with Gasteiger partial charge in [-0.25, -0.2) is 0 Å². The molecule has 0 aromatic rings. The molecule has 182 valence electrons. The lowest BCUT2D eigenvalue weighted by Gasteiger charge is -2.60. The molecule has 0 bridgehead atoms. The smallest absolute Gasteiger partial charge is 0.306 e. The largest absolute Gasteiger partial charge is 0.462 e. The van der Waals surface area contributed by atoms with Crippen LogP contribution in [0.1, 0.15) is 130 Å². The molecular weight excluding hydrogens is 396 g/mol. The van der Waals surface area contributed by atoms with E-state index in [0.717, 1.165) is 50.4 Å². The van der Waals surface area contributed by atoms with Gasteiger partial charge in [0.05, 0.1) is 0 Å². The van der Waals surface area contributed by atoms with Gasteiger partial charge < -0.3 is 4.74 Å². The minimum atomic E-state index is 0.0500. The molecule has 0 amide bonds. The van der Waals surface area contributed by atoms with Gasteiger partial charge >= 0.3 is 5.97 Å². The molecule has 0 saturated heterocycles. The number of hydrogen-bond donors (Lipinski definition) is 0. The summed E-state index contributed by atoms with van der Waals surface area (Å²) in [5.41, 5.74) is 0.536. The zero-order valence-electron chi connectivity index (χ0n) is 21.1. The Balaban J connectivity index is 1.29. The molecule has 0 heterocycles. The maximum atomic E-state index is 12.6. The Bertz CT molecular complexity index is 671. The highest BCUT2D eigenvalue weighted by molar-refractivity contribution is 5.79. The number of fused-ring (bicyclic) bond motifs is 5. The van der Waals surface area contributed by atoms with Crippen molar-refractivity contribution >= 4 is 11.8 Å². The number of Topliss-reactive ketones (excluding diaryl/α,β-unsaturated/α-hetero) is 1. The van der Waals surface area contributed by atoms with Crippen LogP contribution in [0.15, 0.2) is 0 Å². The Labute approximate surface area is 196 Å². The van der Waals surface area contributed by atoms with Gasteiger partial charge in [0.1, 0.15) is 11.9 Å². The first-order valence-corrected chi connectivity index (χ1v) is 14.1. The summed E-state index contributed by atoms with van der Waals surface area (Å²) in [4.78, 5) is 24.8. The van der Waals surface area contributed by atoms with Crippen molar-refractivity contribution < 1.29 is 14.3 Å². The molecule has 0 N–H and O–H groups in total. The maximum Gasteiger partial charge on any atom is 0.306 e. The van der Waals surface area contributed by atoms with Crippen LogP contribution in [0.5, 0.6) is 0 Å². The molecule has 4 fully saturated rings. The Morgan fingerprint density at radius 3 is 2.38 bits per heavy atom. The Kier molecular flexibility index (Phi) is 7.72. The monoisotopic (exact) mass is 444 g/mol. The van der Waals surface area contributed by atoms with Gasteiger partial charge in [-0.2, -0.15) is 0 Å². The first-order valence-electron chi connectivity index (χ1n) is 14.1. The second-order valence-corrected chi connectivity index (χ2v) is 12.4. The Morgan fingerprint density at radius 1 is 0.875 bits per heavy atom. The summed E-state index contributed by atoms with van der Waals surface area (Å²) < 4.78 is 6.17. The molecule has 3 nitrogen and oxygen atoms in total. The van der Waals surface area contributed by atoms with Gasteiger partial charge in [-0.3, -0.25) is 9.59 Å². The topological polar surface area (TPSA) is 43.4 Å². The molecule has 0 aromatic carbocycles. The van der Waals surface area contributed by atoms with Gasteiger partial charge in [0.2, 0.25) is 0 Å². The van der Waals surface area contributed by atoms with Crippen LogP contribution in [-0.4, -0.2) is 17.9 Å². The van der Waals surface area contributed by atoms with Crippen LogP contribution in [0.4, 0.5) is 0 Å². The second-order valence-electron chi connectivity index (χ2n) is 12.4. The minimum Gasteiger partial charge on any atom is -0.462 e. The first-order chi connectivity index (χ1) is 15.4. The van der Waals surface area contributed by atoms with Gasteiger partial charge in [-0.05, 0) is 80.5 Å². The SMILES string of the molecule is CCCCCCCCCC(=O)O[C@H]1CC[C@H]2[C@@H]3CC[C@@H]4CC(=O)CC[C@]4(C)[C@H]3CC[C@]12C. The molecule has 7 atom stereocenters. The van der Waals surface area contributed by atoms with Crippen LogP contribution in [0.2, 0.25) is 0 Å². The fourth-order valence-electron chi connectivity index (χ4n) is 8.63. The summed E-state index contributed by atoms with van der Waals surface area (Å²) in [6.45, 7) is 7.20. The predicted octanol–water partition coefficient (Wildman–Crippen LogP) is 7.65. The lowest BCUT2D eigenvalue weighted by Crippen LogP contribution is -2.54. The van der Waals surface area contributed by atoms with Gasteiger partial charge in [-0.1, -0.05) is 59.3 Å². The summed E-state index contributed by atoms with van der Waals surface area (Å²) in [6, 6.07) is 0. The molecule has 4 saturated carbocycles. The zero-order valence-corrected chi connectivity index (χ0v) is 21.1. The van der Waals surface area contributed by atoms with E-state index in [0.29, 0.717) is 29.5 Å². The molecule has 0 aliphatic heterocycles. The molecule has 0 spiro atoms. The van der Waals surface area contributed by atoms with Crippen LogP contribution in [0.3, 0.4) is 0 Å². The fourth-order valence-corrected chi connectivity index (χ4v) is 8.63. The van der Waals surface area contributed by atoms with E-state index in [1.165, 1.54) is 64.2 Å². The van der Waals surface area contributed by atoms with Gasteiger partial charge in [0.25, 0.3) is 0 Å². The second kappa shape index (κ2) is 10.2. The van der Waals surface area contributed by atoms with Crippen molar-refractivity contribution in [2.75, 3.05) is 0 Å². The van der Waals surface area contributed by atoms with E-state index in [9.17, 15) is 9.59 Å². The third kappa shape index (κ3) is 4.69. The van der Waals surface area contributed by atoms with Gasteiger partial charge in [0.15, 0.2) is 0 Å². The number of hydrogen-bond acceptors (Lipinski definition) is 3. The first kappa shape index (κ1) is 24.3. The minimum absolute atomic E-state index is 0.0500. The summed E-state index contributed by atoms with van der Waals surface area (Å²) in [6.07, 6.45) is 19.4. The van der Waals surface area contributed by atoms with E-state index in [2.05, 4.69) is 20.8 Å². The lowest BCUT2D eigenvalue weighted by atomic mass is 9.45. The van der Waals surface area contributed by atoms with Crippen molar-refractivity contribution in [1.82, 2.24) is 0 Å². The number of esters is 1. The summed E-state index contributed by atoms with van der Waals surface area (Å²) in [7, 11) is 0. The van der Waals surface area contributed by atoms with Crippen molar-refractivity contribution in [2.45, 2.75) is 136 Å². The predicted molar refractivity (Wildman–Crippen MR) is 129 cm³/mol. The number of ether oxygens (including phenoxy) is 1. The number of carbonyl (C=O) groups excluding carboxylic acids is 2. The van der Waals surface area contributed by atoms with Crippen molar-refractivity contribution in [2.24, 2.45) is 34.5 Å². The lowest BCUT2D eigenvalue weighted by molar-refractivity contribution is -0.164. The maximum absolute atomic E-state index is 12.6. The molecular formula is C29H48O3. The summed E-state index contributed by atoms with van der Waals surface area (Å²) in [5, 5.41) is 0. The molecule has 32 heavy (non-hydrogen) atoms. The number of unbranched alkanes of at least 4 members (excludes halogenated alkanes) is 6. The third-order valence-electron chi connectivity index (χ3n) is 10.7. The standard InChI is InChI=1S/C29H48O3/c1-4-5-6-7-8-9-10-11-27(31)32-26-15-14-24-23-13-12-21-20-22(30)16-18-28(21,2)25(23)17-19-29(24,26)3/h21,23-26H,4-20H2,1-3H3/t21-,23+,24+,25+,26+,28+,29+/m1/s1. The molecule has 0 radical (unpaired) electrons. The van der Waals surface area contributed by atoms with E-state index in [1.54, 1.807) is 0 Å². The zero-order chi connectivity index (χ0) is 22.8. The van der Waals surface area contributed by atoms with E-state index in [4.69, 9.17) is 4.74 Å². The number of carbonyl (C=O) groups is 2. The highest BCUT2D eigenvalue weighted by Crippen LogP contribution is 2.66. The average molecular weight is 445 g/mol. The van der Waals surface area contributed by atoms with Crippen LogP contribution in [-0.2, 0) is 14.3 Å². The van der Waals surface area contributed by atoms with E-state index in [-0.39, 0.29) is 17.5 Å². The number of ketones is 1. The highest BCUT2D eigenvalue weighted by atomic mass is 16.5. The Hall–Kier alpha value is -0.860. The average Bonchev–Trinajstić information content (AvgIpc) is 3.10. The molecule has 0 aromatic heterocycles. The van der Waals surface area contributed by atoms with E-state index >= 15 is 0 Å². The van der Waals surface area contributed by atoms with E-state index in [1.807, 2.05) is 0 Å². The van der Waals surface area contributed by atoms with Crippen molar-refractivity contribution in [1.29, 1.82) is 0 Å². The summed E-state index contributed by atoms with van der Waals surface area (Å²) in [5.74, 6) is 3.42. The molecule has 3 heteroatoms. The summed E-state index contributed by atoms with van der Waals surface area (Å²) >= 11 is 0. The fraction of sp³-hybridized carbons (Fsp3) is 0.931. The van der Waals surface area contributed by atoms with Crippen LogP contribution in [0, 0.1) is 34.5 Å². The van der Waals surface area contributed by atoms with Crippen molar-refractivity contribution in [3.8, 4) is 0 Å². The van der Waals surface area contributed by atoms with E-state index < -0.39 is 0 Å². The highest BCUT2D eigenvalue weighted by Gasteiger charge is 2.61. The van der Waals surface area contributed by atoms with Crippen molar-refractivity contribution in [3.63, 3.8) is 0 Å². The Morgan fingerprint density at radius 2 is 1.59 bits per heavy atom. The molecule has 4 aliphatic rings. The molecule has 0 unspecified atom stereocenters. The van der Waals surface area contributed by atoms with Crippen LogP contribution < -0.4 is 0 Å². The quantitative estimate of drug-likeness (QED) is 0.271. The van der Waals surface area contributed by atoms with Crippen molar-refractivity contribution in [3.05, 3.63) is 0 Å². The molecule has 4 rings (SSSR count). The normalized spacial score (nSPS) is 41.0. The third-order valence-corrected chi connectivity index (χ3v) is 10.7. The van der Waals surface area contributed by atoms with Crippen LogP contribution in [0.25, 0.3) is 0 Å². The number of rotatable bonds is 9. The van der Waals surface area contributed by atoms with Gasteiger partial charge in [0, 0.05) is 24.7 Å².